The summed E-state index contributed by atoms with van der Waals surface area (Å²) in [7, 11) is 0. The molecule has 1 aliphatic heterocycles. The lowest BCUT2D eigenvalue weighted by atomic mass is 10.2. The van der Waals surface area contributed by atoms with Crippen molar-refractivity contribution in [2.24, 2.45) is 0 Å². The van der Waals surface area contributed by atoms with Crippen LogP contribution >= 0.6 is 0 Å². The van der Waals surface area contributed by atoms with E-state index >= 15 is 0 Å². The Hall–Kier alpha value is -2.94. The zero-order valence-corrected chi connectivity index (χ0v) is 16.9. The summed E-state index contributed by atoms with van der Waals surface area (Å²) in [6.45, 7) is 7.38. The van der Waals surface area contributed by atoms with Gasteiger partial charge in [0.25, 0.3) is 5.91 Å². The van der Waals surface area contributed by atoms with Crippen molar-refractivity contribution in [3.8, 4) is 5.88 Å². The summed E-state index contributed by atoms with van der Waals surface area (Å²) in [6, 6.07) is 4.94. The van der Waals surface area contributed by atoms with Crippen molar-refractivity contribution in [3.05, 3.63) is 41.7 Å². The van der Waals surface area contributed by atoms with E-state index < -0.39 is 5.91 Å². The summed E-state index contributed by atoms with van der Waals surface area (Å²) in [5.41, 5.74) is 0.840. The molecule has 0 aliphatic carbocycles. The molecule has 2 aromatic rings. The van der Waals surface area contributed by atoms with Crippen molar-refractivity contribution in [1.29, 1.82) is 0 Å². The van der Waals surface area contributed by atoms with E-state index in [1.165, 1.54) is 6.26 Å². The Kier molecular flexibility index (Phi) is 6.82. The number of carbonyl (C=O) groups is 2. The minimum atomic E-state index is -0.420. The maximum Gasteiger partial charge on any atom is 0.287 e. The largest absolute Gasteiger partial charge is 0.475 e. The molecule has 0 bridgehead atoms. The van der Waals surface area contributed by atoms with Crippen LogP contribution in [-0.4, -0.2) is 65.6 Å². The van der Waals surface area contributed by atoms with E-state index in [2.05, 4.69) is 15.3 Å². The minimum Gasteiger partial charge on any atom is -0.475 e. The molecule has 0 saturated carbocycles. The predicted molar refractivity (Wildman–Crippen MR) is 104 cm³/mol. The topological polar surface area (TPSA) is 107 Å². The lowest BCUT2D eigenvalue weighted by molar-refractivity contribution is -0.138. The first-order chi connectivity index (χ1) is 13.9. The molecule has 3 rings (SSSR count). The molecule has 0 aromatic carbocycles. The van der Waals surface area contributed by atoms with Gasteiger partial charge in [0.05, 0.1) is 26.0 Å². The number of carbonyl (C=O) groups excluding carboxylic acids is 2. The van der Waals surface area contributed by atoms with Crippen molar-refractivity contribution in [3.63, 3.8) is 0 Å². The number of aryl methyl sites for hydroxylation is 1. The summed E-state index contributed by atoms with van der Waals surface area (Å²) in [5, 5.41) is 2.56. The maximum absolute atomic E-state index is 12.4. The highest BCUT2D eigenvalue weighted by atomic mass is 16.5. The van der Waals surface area contributed by atoms with E-state index in [0.717, 1.165) is 11.5 Å². The van der Waals surface area contributed by atoms with Crippen LogP contribution < -0.4 is 10.1 Å². The molecule has 1 atom stereocenters. The van der Waals surface area contributed by atoms with Crippen LogP contribution in [0.2, 0.25) is 0 Å². The Labute approximate surface area is 169 Å². The van der Waals surface area contributed by atoms with Gasteiger partial charge in [0.1, 0.15) is 18.5 Å². The number of ether oxygens (including phenoxy) is 2. The first-order valence-corrected chi connectivity index (χ1v) is 9.62. The van der Waals surface area contributed by atoms with Crippen LogP contribution in [0.5, 0.6) is 5.88 Å². The number of hydrogen-bond donors (Lipinski definition) is 1. The average molecular weight is 402 g/mol. The van der Waals surface area contributed by atoms with Gasteiger partial charge in [-0.3, -0.25) is 9.59 Å². The van der Waals surface area contributed by atoms with Crippen LogP contribution in [0.25, 0.3) is 0 Å². The highest BCUT2D eigenvalue weighted by Gasteiger charge is 2.25. The Balaban J connectivity index is 1.49. The van der Waals surface area contributed by atoms with Crippen LogP contribution in [0.1, 0.15) is 41.8 Å². The summed E-state index contributed by atoms with van der Waals surface area (Å²) in [5.74, 6) is 1.00. The van der Waals surface area contributed by atoms with Gasteiger partial charge in [-0.15, -0.1) is 0 Å². The lowest BCUT2D eigenvalue weighted by Crippen LogP contribution is -2.50. The monoisotopic (exact) mass is 402 g/mol. The molecule has 3 heterocycles. The predicted octanol–water partition coefficient (Wildman–Crippen LogP) is 1.54. The first-order valence-electron chi connectivity index (χ1n) is 9.62. The van der Waals surface area contributed by atoms with Gasteiger partial charge in [-0.1, -0.05) is 13.8 Å². The standard InChI is InChI=1S/C20H26N4O5/c1-13(2)19-22-14(3)9-17(23-19)29-12-15-11-24(6-8-27-15)18(25)10-21-20(26)16-5-4-7-28-16/h4-5,7,9,13,15H,6,8,10-12H2,1-3H3,(H,21,26). The average Bonchev–Trinajstić information content (AvgIpc) is 3.25. The number of nitrogens with zero attached hydrogens (tertiary/aromatic N) is 3. The normalized spacial score (nSPS) is 16.7. The fourth-order valence-corrected chi connectivity index (χ4v) is 2.88. The number of aromatic nitrogens is 2. The summed E-state index contributed by atoms with van der Waals surface area (Å²) in [4.78, 5) is 34.8. The van der Waals surface area contributed by atoms with E-state index in [4.69, 9.17) is 13.9 Å². The van der Waals surface area contributed by atoms with Crippen molar-refractivity contribution in [1.82, 2.24) is 20.2 Å². The van der Waals surface area contributed by atoms with Crippen LogP contribution in [0, 0.1) is 6.92 Å². The van der Waals surface area contributed by atoms with E-state index in [0.29, 0.717) is 25.6 Å². The molecule has 1 aliphatic rings. The summed E-state index contributed by atoms with van der Waals surface area (Å²) in [6.07, 6.45) is 1.14. The van der Waals surface area contributed by atoms with Crippen molar-refractivity contribution in [2.45, 2.75) is 32.8 Å². The Morgan fingerprint density at radius 3 is 2.93 bits per heavy atom. The first kappa shape index (κ1) is 20.8. The SMILES string of the molecule is Cc1cc(OCC2CN(C(=O)CNC(=O)c3ccco3)CCO2)nc(C(C)C)n1. The second-order valence-electron chi connectivity index (χ2n) is 7.16. The lowest BCUT2D eigenvalue weighted by Gasteiger charge is -2.32. The molecule has 0 radical (unpaired) electrons. The van der Waals surface area contributed by atoms with E-state index in [1.54, 1.807) is 23.1 Å². The molecular weight excluding hydrogens is 376 g/mol. The molecule has 29 heavy (non-hydrogen) atoms. The van der Waals surface area contributed by atoms with Gasteiger partial charge in [-0.25, -0.2) is 4.98 Å². The number of morpholine rings is 1. The molecule has 1 unspecified atom stereocenters. The van der Waals surface area contributed by atoms with E-state index in [9.17, 15) is 9.59 Å². The third kappa shape index (κ3) is 5.77. The molecule has 1 N–H and O–H groups in total. The van der Waals surface area contributed by atoms with Gasteiger partial charge in [0.2, 0.25) is 11.8 Å². The Bertz CT molecular complexity index is 837. The molecule has 2 amide bonds. The fraction of sp³-hybridized carbons (Fsp3) is 0.500. The van der Waals surface area contributed by atoms with E-state index in [-0.39, 0.29) is 36.8 Å². The molecule has 9 heteroatoms. The highest BCUT2D eigenvalue weighted by molar-refractivity contribution is 5.94. The van der Waals surface area contributed by atoms with Gasteiger partial charge in [-0.05, 0) is 19.1 Å². The molecule has 1 saturated heterocycles. The summed E-state index contributed by atoms with van der Waals surface area (Å²) < 4.78 is 16.5. The molecule has 2 aromatic heterocycles. The van der Waals surface area contributed by atoms with Gasteiger partial charge >= 0.3 is 0 Å². The van der Waals surface area contributed by atoms with Crippen LogP contribution in [0.4, 0.5) is 0 Å². The van der Waals surface area contributed by atoms with Crippen molar-refractivity contribution < 1.29 is 23.5 Å². The van der Waals surface area contributed by atoms with Crippen molar-refractivity contribution in [2.75, 3.05) is 32.8 Å². The zero-order valence-electron chi connectivity index (χ0n) is 16.9. The second kappa shape index (κ2) is 9.51. The highest BCUT2D eigenvalue weighted by Crippen LogP contribution is 2.16. The minimum absolute atomic E-state index is 0.101. The number of nitrogens with one attached hydrogen (secondary N) is 1. The molecule has 9 nitrogen and oxygen atoms in total. The molecule has 156 valence electrons. The van der Waals surface area contributed by atoms with Gasteiger partial charge < -0.3 is 24.1 Å². The van der Waals surface area contributed by atoms with Gasteiger partial charge in [-0.2, -0.15) is 4.98 Å². The smallest absolute Gasteiger partial charge is 0.287 e. The molecule has 0 spiro atoms. The van der Waals surface area contributed by atoms with Crippen LogP contribution in [0.3, 0.4) is 0 Å². The maximum atomic E-state index is 12.4. The number of amides is 2. The van der Waals surface area contributed by atoms with Gasteiger partial charge in [0.15, 0.2) is 5.76 Å². The van der Waals surface area contributed by atoms with Crippen LogP contribution in [0.15, 0.2) is 28.9 Å². The van der Waals surface area contributed by atoms with Gasteiger partial charge in [0, 0.05) is 24.2 Å². The number of rotatable bonds is 7. The third-order valence-electron chi connectivity index (χ3n) is 4.42. The Morgan fingerprint density at radius 2 is 2.21 bits per heavy atom. The fourth-order valence-electron chi connectivity index (χ4n) is 2.88. The quantitative estimate of drug-likeness (QED) is 0.748. The second-order valence-corrected chi connectivity index (χ2v) is 7.16. The molecule has 1 fully saturated rings. The number of furan rings is 1. The van der Waals surface area contributed by atoms with E-state index in [1.807, 2.05) is 20.8 Å². The van der Waals surface area contributed by atoms with Crippen molar-refractivity contribution >= 4 is 11.8 Å². The molecular formula is C20H26N4O5. The Morgan fingerprint density at radius 1 is 1.38 bits per heavy atom. The third-order valence-corrected chi connectivity index (χ3v) is 4.42. The van der Waals surface area contributed by atoms with Crippen LogP contribution in [-0.2, 0) is 9.53 Å². The zero-order chi connectivity index (χ0) is 20.8. The summed E-state index contributed by atoms with van der Waals surface area (Å²) >= 11 is 0. The number of hydrogen-bond acceptors (Lipinski definition) is 7.